The normalized spacial score (nSPS) is 14.9. The van der Waals surface area contributed by atoms with Gasteiger partial charge < -0.3 is 15.2 Å². The summed E-state index contributed by atoms with van der Waals surface area (Å²) in [7, 11) is 0. The molecule has 0 radical (unpaired) electrons. The average molecular weight is 316 g/mol. The van der Waals surface area contributed by atoms with Gasteiger partial charge in [0.1, 0.15) is 11.6 Å². The summed E-state index contributed by atoms with van der Waals surface area (Å²) in [4.78, 5) is 34.8. The number of hydrogen-bond acceptors (Lipinski definition) is 5. The maximum atomic E-state index is 12.0. The van der Waals surface area contributed by atoms with E-state index in [4.69, 9.17) is 4.74 Å². The van der Waals surface area contributed by atoms with Crippen LogP contribution in [0.2, 0.25) is 0 Å². The molecule has 0 aliphatic rings. The summed E-state index contributed by atoms with van der Waals surface area (Å²) in [6.07, 6.45) is 0. The van der Waals surface area contributed by atoms with E-state index < -0.39 is 40.9 Å². The molecule has 0 bridgehead atoms. The highest BCUT2D eigenvalue weighted by Crippen LogP contribution is 2.19. The van der Waals surface area contributed by atoms with E-state index in [0.29, 0.717) is 0 Å². The van der Waals surface area contributed by atoms with Crippen LogP contribution in [-0.4, -0.2) is 47.2 Å². The molecule has 3 N–H and O–H groups in total. The van der Waals surface area contributed by atoms with Crippen molar-refractivity contribution in [1.82, 2.24) is 10.6 Å². The van der Waals surface area contributed by atoms with Gasteiger partial charge in [-0.2, -0.15) is 0 Å². The highest BCUT2D eigenvalue weighted by Gasteiger charge is 2.33. The van der Waals surface area contributed by atoms with Gasteiger partial charge in [0.25, 0.3) is 0 Å². The second-order valence-electron chi connectivity index (χ2n) is 7.33. The summed E-state index contributed by atoms with van der Waals surface area (Å²) >= 11 is 0. The first-order valence-electron chi connectivity index (χ1n) is 7.22. The molecule has 2 unspecified atom stereocenters. The first-order chi connectivity index (χ1) is 9.74. The lowest BCUT2D eigenvalue weighted by molar-refractivity contribution is -0.154. The van der Waals surface area contributed by atoms with Gasteiger partial charge in [0, 0.05) is 0 Å². The van der Waals surface area contributed by atoms with E-state index >= 15 is 0 Å². The first kappa shape index (κ1) is 20.4. The van der Waals surface area contributed by atoms with Crippen LogP contribution in [0.1, 0.15) is 48.5 Å². The van der Waals surface area contributed by atoms with Crippen molar-refractivity contribution in [2.45, 2.75) is 66.2 Å². The molecule has 0 aromatic heterocycles. The fourth-order valence-electron chi connectivity index (χ4n) is 1.62. The van der Waals surface area contributed by atoms with Gasteiger partial charge in [0.2, 0.25) is 5.91 Å². The van der Waals surface area contributed by atoms with Crippen LogP contribution >= 0.6 is 0 Å². The number of esters is 1. The third kappa shape index (κ3) is 7.97. The molecule has 0 fully saturated rings. The Morgan fingerprint density at radius 1 is 1.09 bits per heavy atom. The minimum Gasteiger partial charge on any atom is -0.480 e. The van der Waals surface area contributed by atoms with E-state index in [2.05, 4.69) is 10.6 Å². The highest BCUT2D eigenvalue weighted by atomic mass is 16.6. The molecule has 0 aliphatic heterocycles. The lowest BCUT2D eigenvalue weighted by Crippen LogP contribution is -2.54. The molecule has 0 spiro atoms. The van der Waals surface area contributed by atoms with Crippen molar-refractivity contribution in [2.75, 3.05) is 6.54 Å². The van der Waals surface area contributed by atoms with Crippen molar-refractivity contribution in [3.63, 3.8) is 0 Å². The molecule has 22 heavy (non-hydrogen) atoms. The zero-order valence-corrected chi connectivity index (χ0v) is 14.4. The van der Waals surface area contributed by atoms with Crippen molar-refractivity contribution in [3.8, 4) is 0 Å². The monoisotopic (exact) mass is 316 g/mol. The van der Waals surface area contributed by atoms with Crippen molar-refractivity contribution in [1.29, 1.82) is 0 Å². The first-order valence-corrected chi connectivity index (χ1v) is 7.22. The van der Waals surface area contributed by atoms with Crippen molar-refractivity contribution >= 4 is 17.8 Å². The number of rotatable bonds is 6. The molecule has 128 valence electrons. The van der Waals surface area contributed by atoms with Gasteiger partial charge in [0.05, 0.1) is 12.6 Å². The van der Waals surface area contributed by atoms with E-state index in [1.807, 2.05) is 0 Å². The second kappa shape index (κ2) is 7.58. The molecule has 0 aliphatic carbocycles. The second-order valence-corrected chi connectivity index (χ2v) is 7.33. The number of ether oxygens (including phenoxy) is 1. The Morgan fingerprint density at radius 2 is 1.59 bits per heavy atom. The predicted molar refractivity (Wildman–Crippen MR) is 82.3 cm³/mol. The molecule has 0 aromatic rings. The SMILES string of the molecule is CC(NCC(=O)OC(C)(C)C)C(=O)NC(C(=O)O)C(C)(C)C. The van der Waals surface area contributed by atoms with E-state index in [1.54, 1.807) is 48.5 Å². The van der Waals surface area contributed by atoms with Crippen LogP contribution in [0.4, 0.5) is 0 Å². The summed E-state index contributed by atoms with van der Waals surface area (Å²) < 4.78 is 5.11. The van der Waals surface area contributed by atoms with Gasteiger partial charge in [-0.1, -0.05) is 20.8 Å². The van der Waals surface area contributed by atoms with Gasteiger partial charge in [-0.05, 0) is 33.1 Å². The van der Waals surface area contributed by atoms with Crippen molar-refractivity contribution in [2.24, 2.45) is 5.41 Å². The van der Waals surface area contributed by atoms with Crippen molar-refractivity contribution < 1.29 is 24.2 Å². The zero-order chi connectivity index (χ0) is 17.7. The molecule has 0 heterocycles. The summed E-state index contributed by atoms with van der Waals surface area (Å²) in [5.41, 5.74) is -1.21. The molecule has 2 atom stereocenters. The van der Waals surface area contributed by atoms with E-state index in [-0.39, 0.29) is 6.54 Å². The Morgan fingerprint density at radius 3 is 1.95 bits per heavy atom. The molecular formula is C15H28N2O5. The number of aliphatic carboxylic acids is 1. The number of carbonyl (C=O) groups is 3. The number of hydrogen-bond donors (Lipinski definition) is 3. The summed E-state index contributed by atoms with van der Waals surface area (Å²) in [5.74, 6) is -2.05. The number of carbonyl (C=O) groups excluding carboxylic acids is 2. The quantitative estimate of drug-likeness (QED) is 0.629. The third-order valence-corrected chi connectivity index (χ3v) is 2.77. The van der Waals surface area contributed by atoms with Gasteiger partial charge in [-0.25, -0.2) is 4.79 Å². The lowest BCUT2D eigenvalue weighted by Gasteiger charge is -2.29. The Bertz CT molecular complexity index is 421. The lowest BCUT2D eigenvalue weighted by atomic mass is 9.86. The van der Waals surface area contributed by atoms with E-state index in [0.717, 1.165) is 0 Å². The smallest absolute Gasteiger partial charge is 0.326 e. The maximum Gasteiger partial charge on any atom is 0.326 e. The van der Waals surface area contributed by atoms with Crippen LogP contribution in [0.3, 0.4) is 0 Å². The molecule has 0 saturated carbocycles. The number of nitrogens with one attached hydrogen (secondary N) is 2. The van der Waals surface area contributed by atoms with E-state index in [1.165, 1.54) is 0 Å². The minimum absolute atomic E-state index is 0.126. The molecular weight excluding hydrogens is 288 g/mol. The Labute approximate surface area is 131 Å². The summed E-state index contributed by atoms with van der Waals surface area (Å²) in [6, 6.07) is -1.72. The van der Waals surface area contributed by atoms with Crippen LogP contribution in [0.25, 0.3) is 0 Å². The highest BCUT2D eigenvalue weighted by molar-refractivity contribution is 5.87. The van der Waals surface area contributed by atoms with Crippen LogP contribution < -0.4 is 10.6 Å². The number of amides is 1. The average Bonchev–Trinajstić information content (AvgIpc) is 2.28. The zero-order valence-electron chi connectivity index (χ0n) is 14.4. The van der Waals surface area contributed by atoms with Gasteiger partial charge >= 0.3 is 11.9 Å². The fraction of sp³-hybridized carbons (Fsp3) is 0.800. The fourth-order valence-corrected chi connectivity index (χ4v) is 1.62. The Kier molecular flexibility index (Phi) is 7.02. The largest absolute Gasteiger partial charge is 0.480 e. The van der Waals surface area contributed by atoms with Crippen LogP contribution in [-0.2, 0) is 19.1 Å². The molecule has 7 heteroatoms. The third-order valence-electron chi connectivity index (χ3n) is 2.77. The summed E-state index contributed by atoms with van der Waals surface area (Å²) in [6.45, 7) is 11.9. The molecule has 1 amide bonds. The van der Waals surface area contributed by atoms with Crippen LogP contribution in [0.15, 0.2) is 0 Å². The van der Waals surface area contributed by atoms with Crippen LogP contribution in [0, 0.1) is 5.41 Å². The van der Waals surface area contributed by atoms with Crippen LogP contribution in [0.5, 0.6) is 0 Å². The molecule has 0 rings (SSSR count). The molecule has 0 saturated heterocycles. The number of carboxylic acids is 1. The Balaban J connectivity index is 4.49. The van der Waals surface area contributed by atoms with E-state index in [9.17, 15) is 19.5 Å². The van der Waals surface area contributed by atoms with Gasteiger partial charge in [-0.3, -0.25) is 14.9 Å². The summed E-state index contributed by atoms with van der Waals surface area (Å²) in [5, 5.41) is 14.4. The molecule has 0 aromatic carbocycles. The maximum absolute atomic E-state index is 12.0. The predicted octanol–water partition coefficient (Wildman–Crippen LogP) is 0.922. The Hall–Kier alpha value is -1.63. The topological polar surface area (TPSA) is 105 Å². The minimum atomic E-state index is -1.10. The van der Waals surface area contributed by atoms with Gasteiger partial charge in [-0.15, -0.1) is 0 Å². The number of carboxylic acid groups (broad SMARTS) is 1. The van der Waals surface area contributed by atoms with Gasteiger partial charge in [0.15, 0.2) is 0 Å². The standard InChI is InChI=1S/C15H28N2O5/c1-9(16-8-10(18)22-15(5,6)7)12(19)17-11(13(20)21)14(2,3)4/h9,11,16H,8H2,1-7H3,(H,17,19)(H,20,21). The molecule has 7 nitrogen and oxygen atoms in total. The van der Waals surface area contributed by atoms with Crippen molar-refractivity contribution in [3.05, 3.63) is 0 Å².